The predicted octanol–water partition coefficient (Wildman–Crippen LogP) is 2.57. The molecule has 160 valence electrons. The minimum atomic E-state index is -5.02. The first kappa shape index (κ1) is 22.6. The van der Waals surface area contributed by atoms with E-state index in [0.29, 0.717) is 6.54 Å². The van der Waals surface area contributed by atoms with Crippen LogP contribution in [0, 0.1) is 5.41 Å². The summed E-state index contributed by atoms with van der Waals surface area (Å²) in [5, 5.41) is 9.65. The topological polar surface area (TPSA) is 107 Å². The predicted molar refractivity (Wildman–Crippen MR) is 99.8 cm³/mol. The molecule has 2 rings (SSSR count). The van der Waals surface area contributed by atoms with E-state index in [9.17, 15) is 22.8 Å². The Kier molecular flexibility index (Phi) is 6.48. The highest BCUT2D eigenvalue weighted by Gasteiger charge is 2.34. The van der Waals surface area contributed by atoms with Gasteiger partial charge in [-0.2, -0.15) is 0 Å². The van der Waals surface area contributed by atoms with E-state index < -0.39 is 40.1 Å². The van der Waals surface area contributed by atoms with Crippen LogP contribution in [0.15, 0.2) is 17.2 Å². The molecule has 0 aromatic heterocycles. The number of hydrazone groups is 1. The lowest BCUT2D eigenvalue weighted by molar-refractivity contribution is -0.274. The van der Waals surface area contributed by atoms with Gasteiger partial charge in [-0.1, -0.05) is 32.4 Å². The molecule has 1 heterocycles. The number of nitrogens with one attached hydrogen (secondary N) is 4. The Hall–Kier alpha value is -2.73. The molecular weight excluding hydrogens is 417 g/mol. The first-order valence-electron chi connectivity index (χ1n) is 8.40. The normalized spacial score (nSPS) is 14.2. The zero-order valence-electron chi connectivity index (χ0n) is 16.0. The molecule has 0 radical (unpaired) electrons. The van der Waals surface area contributed by atoms with E-state index in [1.807, 2.05) is 0 Å². The molecule has 13 heteroatoms. The van der Waals surface area contributed by atoms with Crippen molar-refractivity contribution in [3.63, 3.8) is 0 Å². The summed E-state index contributed by atoms with van der Waals surface area (Å²) in [4.78, 5) is 24.9. The van der Waals surface area contributed by atoms with Crippen LogP contribution in [0.25, 0.3) is 0 Å². The first-order valence-corrected chi connectivity index (χ1v) is 8.78. The van der Waals surface area contributed by atoms with Crippen molar-refractivity contribution < 1.29 is 27.5 Å². The Morgan fingerprint density at radius 1 is 1.24 bits per heavy atom. The maximum atomic E-state index is 12.7. The van der Waals surface area contributed by atoms with Crippen molar-refractivity contribution in [3.8, 4) is 5.75 Å². The monoisotopic (exact) mass is 436 g/mol. The number of rotatable bonds is 4. The molecule has 0 bridgehead atoms. The molecule has 1 aromatic carbocycles. The van der Waals surface area contributed by atoms with Gasteiger partial charge >= 0.3 is 6.36 Å². The Morgan fingerprint density at radius 3 is 2.45 bits per heavy atom. The molecule has 0 atom stereocenters. The zero-order valence-corrected chi connectivity index (χ0v) is 16.7. The van der Waals surface area contributed by atoms with Crippen LogP contribution >= 0.6 is 11.6 Å². The number of nitrogens with zero attached hydrogens (tertiary/aromatic N) is 2. The van der Waals surface area contributed by atoms with Gasteiger partial charge in [0.25, 0.3) is 5.91 Å². The fourth-order valence-electron chi connectivity index (χ4n) is 2.11. The summed E-state index contributed by atoms with van der Waals surface area (Å²) in [6.07, 6.45) is -5.02. The van der Waals surface area contributed by atoms with Crippen molar-refractivity contribution in [2.24, 2.45) is 10.5 Å². The van der Waals surface area contributed by atoms with Crippen LogP contribution in [0.4, 0.5) is 18.9 Å². The largest absolute Gasteiger partial charge is 0.573 e. The lowest BCUT2D eigenvalue weighted by Gasteiger charge is -2.22. The second-order valence-electron chi connectivity index (χ2n) is 6.91. The first-order chi connectivity index (χ1) is 13.3. The van der Waals surface area contributed by atoms with Crippen molar-refractivity contribution in [1.29, 1.82) is 0 Å². The fraction of sp³-hybridized carbons (Fsp3) is 0.438. The molecule has 2 amide bonds. The summed E-state index contributed by atoms with van der Waals surface area (Å²) in [6.45, 7) is 6.93. The smallest absolute Gasteiger partial charge is 0.404 e. The highest BCUT2D eigenvalue weighted by atomic mass is 35.5. The lowest BCUT2D eigenvalue weighted by Crippen LogP contribution is -2.47. The van der Waals surface area contributed by atoms with E-state index in [1.165, 1.54) is 5.01 Å². The maximum absolute atomic E-state index is 12.7. The van der Waals surface area contributed by atoms with E-state index in [1.54, 1.807) is 27.7 Å². The lowest BCUT2D eigenvalue weighted by atomic mass is 9.95. The van der Waals surface area contributed by atoms with Gasteiger partial charge in [0.15, 0.2) is 5.75 Å². The summed E-state index contributed by atoms with van der Waals surface area (Å²) in [6, 6.07) is 1.95. The Bertz CT molecular complexity index is 838. The molecule has 0 fully saturated rings. The average molecular weight is 437 g/mol. The number of carbonyl (C=O) groups is 2. The van der Waals surface area contributed by atoms with Crippen LogP contribution in [0.1, 0.15) is 38.1 Å². The van der Waals surface area contributed by atoms with Crippen molar-refractivity contribution >= 4 is 35.1 Å². The number of carbonyl (C=O) groups excluding carboxylic acids is 2. The van der Waals surface area contributed by atoms with Crippen LogP contribution in [-0.4, -0.2) is 35.7 Å². The van der Waals surface area contributed by atoms with Crippen molar-refractivity contribution in [1.82, 2.24) is 21.4 Å². The number of hydrogen-bond acceptors (Lipinski definition) is 7. The summed E-state index contributed by atoms with van der Waals surface area (Å²) in [7, 11) is 0. The average Bonchev–Trinajstić information content (AvgIpc) is 3.02. The third-order valence-corrected chi connectivity index (χ3v) is 4.03. The van der Waals surface area contributed by atoms with Crippen molar-refractivity contribution in [3.05, 3.63) is 22.7 Å². The Balaban J connectivity index is 2.40. The molecule has 1 aliphatic heterocycles. The minimum absolute atomic E-state index is 0.129. The van der Waals surface area contributed by atoms with Crippen LogP contribution in [0.2, 0.25) is 5.02 Å². The van der Waals surface area contributed by atoms with Gasteiger partial charge in [0.1, 0.15) is 5.69 Å². The van der Waals surface area contributed by atoms with Gasteiger partial charge in [-0.25, -0.2) is 5.53 Å². The number of anilines is 1. The number of hydrogen-bond donors (Lipinski definition) is 4. The quantitative estimate of drug-likeness (QED) is 0.578. The molecule has 9 nitrogen and oxygen atoms in total. The molecule has 1 aromatic rings. The molecule has 0 aliphatic carbocycles. The zero-order chi connectivity index (χ0) is 22.0. The fourth-order valence-corrected chi connectivity index (χ4v) is 2.39. The standard InChI is InChI=1S/C16H20ClF3N6O3/c1-5-26-14(23-24-25-26)22-12(27)8-6-7-9(29-16(18,19)20)11(10(8)17)21-13(28)15(2,3)4/h6-7,24-25H,5H2,1-4H3,(H,21,28)(H,22,23,27). The molecule has 0 saturated heterocycles. The number of halogens is 4. The molecule has 0 unspecified atom stereocenters. The second-order valence-corrected chi connectivity index (χ2v) is 7.29. The van der Waals surface area contributed by atoms with Crippen molar-refractivity contribution in [2.75, 3.05) is 11.9 Å². The van der Waals surface area contributed by atoms with Crippen LogP contribution < -0.4 is 26.4 Å². The van der Waals surface area contributed by atoms with E-state index in [0.717, 1.165) is 12.1 Å². The van der Waals surface area contributed by atoms with Gasteiger partial charge in [-0.3, -0.25) is 19.9 Å². The molecule has 29 heavy (non-hydrogen) atoms. The third kappa shape index (κ3) is 5.64. The minimum Gasteiger partial charge on any atom is -0.404 e. The van der Waals surface area contributed by atoms with Gasteiger partial charge in [-0.15, -0.1) is 23.8 Å². The van der Waals surface area contributed by atoms with E-state index >= 15 is 0 Å². The SMILES string of the molecule is CCN1NNN=C1NC(=O)c1ccc(OC(F)(F)F)c(NC(=O)C(C)(C)C)c1Cl. The Morgan fingerprint density at radius 2 is 1.90 bits per heavy atom. The van der Waals surface area contributed by atoms with Crippen LogP contribution in [0.5, 0.6) is 5.75 Å². The number of amides is 2. The summed E-state index contributed by atoms with van der Waals surface area (Å²) < 4.78 is 42.2. The molecule has 1 aliphatic rings. The van der Waals surface area contributed by atoms with Gasteiger partial charge in [0, 0.05) is 12.0 Å². The molecule has 4 N–H and O–H groups in total. The third-order valence-electron chi connectivity index (χ3n) is 3.64. The van der Waals surface area contributed by atoms with E-state index in [2.05, 4.69) is 31.5 Å². The van der Waals surface area contributed by atoms with E-state index in [-0.39, 0.29) is 11.5 Å². The maximum Gasteiger partial charge on any atom is 0.573 e. The Labute approximate surface area is 169 Å². The van der Waals surface area contributed by atoms with Crippen LogP contribution in [-0.2, 0) is 4.79 Å². The number of hydrazine groups is 2. The molecular formula is C16H20ClF3N6O3. The van der Waals surface area contributed by atoms with E-state index in [4.69, 9.17) is 11.6 Å². The molecule has 0 spiro atoms. The number of guanidine groups is 1. The second kappa shape index (κ2) is 8.33. The number of benzene rings is 1. The summed E-state index contributed by atoms with van der Waals surface area (Å²) >= 11 is 6.18. The summed E-state index contributed by atoms with van der Waals surface area (Å²) in [5.74, 6) is -1.98. The molecule has 0 saturated carbocycles. The number of ether oxygens (including phenoxy) is 1. The summed E-state index contributed by atoms with van der Waals surface area (Å²) in [5.41, 5.74) is 3.51. The highest BCUT2D eigenvalue weighted by molar-refractivity contribution is 6.37. The van der Waals surface area contributed by atoms with Gasteiger partial charge in [0.05, 0.1) is 10.6 Å². The van der Waals surface area contributed by atoms with Gasteiger partial charge in [-0.05, 0) is 19.1 Å². The number of alkyl halides is 3. The van der Waals surface area contributed by atoms with Crippen LogP contribution in [0.3, 0.4) is 0 Å². The highest BCUT2D eigenvalue weighted by Crippen LogP contribution is 2.39. The van der Waals surface area contributed by atoms with Gasteiger partial charge < -0.3 is 10.1 Å². The van der Waals surface area contributed by atoms with Crippen molar-refractivity contribution in [2.45, 2.75) is 34.1 Å². The van der Waals surface area contributed by atoms with Gasteiger partial charge in [0.2, 0.25) is 11.9 Å².